The molecule has 6 heteroatoms. The maximum Gasteiger partial charge on any atom is 0.310 e. The van der Waals surface area contributed by atoms with Gasteiger partial charge in [-0.1, -0.05) is 0 Å². The fourth-order valence-electron chi connectivity index (χ4n) is 1.50. The Morgan fingerprint density at radius 3 is 2.94 bits per heavy atom. The Bertz CT molecular complexity index is 357. The number of anilines is 1. The van der Waals surface area contributed by atoms with Crippen molar-refractivity contribution in [2.24, 2.45) is 0 Å². The number of aliphatic hydroxyl groups is 1. The molecule has 0 saturated carbocycles. The lowest BCUT2D eigenvalue weighted by atomic mass is 10.3. The summed E-state index contributed by atoms with van der Waals surface area (Å²) in [6.45, 7) is 3.25. The smallest absolute Gasteiger partial charge is 0.310 e. The molecule has 0 spiro atoms. The minimum atomic E-state index is -0.441. The number of aliphatic hydroxyl groups excluding tert-OH is 1. The summed E-state index contributed by atoms with van der Waals surface area (Å²) in [4.78, 5) is 16.0. The first-order chi connectivity index (χ1) is 7.70. The van der Waals surface area contributed by atoms with Crippen LogP contribution in [0.3, 0.4) is 0 Å². The molecule has 0 atom stereocenters. The van der Waals surface area contributed by atoms with Gasteiger partial charge in [0.15, 0.2) is 0 Å². The molecule has 1 heterocycles. The van der Waals surface area contributed by atoms with Crippen LogP contribution in [-0.4, -0.2) is 34.7 Å². The normalized spacial score (nSPS) is 10.1. The van der Waals surface area contributed by atoms with Gasteiger partial charge in [0, 0.05) is 25.9 Å². The highest BCUT2D eigenvalue weighted by Gasteiger charge is 2.17. The summed E-state index contributed by atoms with van der Waals surface area (Å²) >= 11 is 0. The quantitative estimate of drug-likeness (QED) is 0.581. The summed E-state index contributed by atoms with van der Waals surface area (Å²) in [5.41, 5.74) is 0.554. The predicted octanol–water partition coefficient (Wildman–Crippen LogP) is 1.20. The molecule has 0 aliphatic rings. The Morgan fingerprint density at radius 2 is 2.38 bits per heavy atom. The molecule has 16 heavy (non-hydrogen) atoms. The molecular weight excluding hydrogens is 210 g/mol. The molecule has 1 aromatic rings. The maximum absolute atomic E-state index is 10.8. The molecular formula is C10H15N3O3. The van der Waals surface area contributed by atoms with Gasteiger partial charge in [-0.05, 0) is 19.4 Å². The minimum Gasteiger partial charge on any atom is -0.396 e. The molecule has 0 bridgehead atoms. The van der Waals surface area contributed by atoms with Gasteiger partial charge in [-0.15, -0.1) is 0 Å². The third-order valence-corrected chi connectivity index (χ3v) is 2.28. The van der Waals surface area contributed by atoms with Crippen LogP contribution in [0.1, 0.15) is 13.3 Å². The molecule has 0 aliphatic heterocycles. The highest BCUT2D eigenvalue weighted by molar-refractivity contribution is 5.61. The number of nitro groups is 1. The van der Waals surface area contributed by atoms with Crippen molar-refractivity contribution >= 4 is 11.4 Å². The van der Waals surface area contributed by atoms with E-state index in [1.807, 2.05) is 11.8 Å². The van der Waals surface area contributed by atoms with Crippen LogP contribution in [0.2, 0.25) is 0 Å². The highest BCUT2D eigenvalue weighted by atomic mass is 16.6. The largest absolute Gasteiger partial charge is 0.396 e. The summed E-state index contributed by atoms with van der Waals surface area (Å²) in [5.74, 6) is 0. The molecule has 0 radical (unpaired) electrons. The minimum absolute atomic E-state index is 0.00212. The van der Waals surface area contributed by atoms with E-state index in [1.165, 1.54) is 12.4 Å². The van der Waals surface area contributed by atoms with E-state index in [1.54, 1.807) is 6.07 Å². The monoisotopic (exact) mass is 225 g/mol. The van der Waals surface area contributed by atoms with Crippen molar-refractivity contribution in [2.75, 3.05) is 24.6 Å². The second kappa shape index (κ2) is 6.02. The third kappa shape index (κ3) is 2.90. The topological polar surface area (TPSA) is 79.5 Å². The van der Waals surface area contributed by atoms with Crippen LogP contribution < -0.4 is 4.90 Å². The van der Waals surface area contributed by atoms with Crippen molar-refractivity contribution < 1.29 is 10.0 Å². The van der Waals surface area contributed by atoms with Gasteiger partial charge in [0.05, 0.1) is 4.92 Å². The van der Waals surface area contributed by atoms with E-state index in [4.69, 9.17) is 5.11 Å². The van der Waals surface area contributed by atoms with E-state index in [0.717, 1.165) is 0 Å². The van der Waals surface area contributed by atoms with Gasteiger partial charge in [0.2, 0.25) is 0 Å². The van der Waals surface area contributed by atoms with Crippen molar-refractivity contribution in [3.05, 3.63) is 28.6 Å². The first-order valence-electron chi connectivity index (χ1n) is 5.15. The standard InChI is InChI=1S/C10H15N3O3/c1-2-12(6-3-7-14)9-4-5-11-8-10(9)13(15)16/h4-5,8,14H,2-3,6-7H2,1H3. The fraction of sp³-hybridized carbons (Fsp3) is 0.500. The van der Waals surface area contributed by atoms with Crippen molar-refractivity contribution in [2.45, 2.75) is 13.3 Å². The zero-order valence-corrected chi connectivity index (χ0v) is 9.17. The summed E-state index contributed by atoms with van der Waals surface area (Å²) < 4.78 is 0. The van der Waals surface area contributed by atoms with Crippen LogP contribution in [0, 0.1) is 10.1 Å². The number of pyridine rings is 1. The Hall–Kier alpha value is -1.69. The Labute approximate surface area is 93.7 Å². The highest BCUT2D eigenvalue weighted by Crippen LogP contribution is 2.26. The lowest BCUT2D eigenvalue weighted by Crippen LogP contribution is -2.25. The summed E-state index contributed by atoms with van der Waals surface area (Å²) in [5, 5.41) is 19.6. The van der Waals surface area contributed by atoms with Crippen LogP contribution >= 0.6 is 0 Å². The molecule has 0 amide bonds. The molecule has 0 aliphatic carbocycles. The lowest BCUT2D eigenvalue weighted by molar-refractivity contribution is -0.384. The van der Waals surface area contributed by atoms with E-state index >= 15 is 0 Å². The zero-order valence-electron chi connectivity index (χ0n) is 9.17. The van der Waals surface area contributed by atoms with Crippen LogP contribution in [0.25, 0.3) is 0 Å². The number of hydrogen-bond acceptors (Lipinski definition) is 5. The Balaban J connectivity index is 2.94. The molecule has 88 valence electrons. The number of hydrogen-bond donors (Lipinski definition) is 1. The van der Waals surface area contributed by atoms with E-state index in [0.29, 0.717) is 25.2 Å². The zero-order chi connectivity index (χ0) is 12.0. The van der Waals surface area contributed by atoms with Crippen LogP contribution in [0.4, 0.5) is 11.4 Å². The number of nitrogens with zero attached hydrogens (tertiary/aromatic N) is 3. The van der Waals surface area contributed by atoms with E-state index in [2.05, 4.69) is 4.98 Å². The summed E-state index contributed by atoms with van der Waals surface area (Å²) in [7, 11) is 0. The maximum atomic E-state index is 10.8. The van der Waals surface area contributed by atoms with Gasteiger partial charge < -0.3 is 10.0 Å². The molecule has 6 nitrogen and oxygen atoms in total. The first-order valence-corrected chi connectivity index (χ1v) is 5.15. The molecule has 0 fully saturated rings. The number of rotatable bonds is 6. The van der Waals surface area contributed by atoms with Gasteiger partial charge >= 0.3 is 5.69 Å². The fourth-order valence-corrected chi connectivity index (χ4v) is 1.50. The average Bonchev–Trinajstić information content (AvgIpc) is 2.30. The van der Waals surface area contributed by atoms with Crippen LogP contribution in [-0.2, 0) is 0 Å². The lowest BCUT2D eigenvalue weighted by Gasteiger charge is -2.21. The molecule has 0 unspecified atom stereocenters. The molecule has 0 saturated heterocycles. The van der Waals surface area contributed by atoms with Crippen LogP contribution in [0.5, 0.6) is 0 Å². The average molecular weight is 225 g/mol. The molecule has 1 N–H and O–H groups in total. The molecule has 1 aromatic heterocycles. The van der Waals surface area contributed by atoms with Crippen molar-refractivity contribution in [1.82, 2.24) is 4.98 Å². The van der Waals surface area contributed by atoms with Crippen molar-refractivity contribution in [1.29, 1.82) is 0 Å². The second-order valence-corrected chi connectivity index (χ2v) is 3.28. The SMILES string of the molecule is CCN(CCCO)c1ccncc1[N+](=O)[O-]. The van der Waals surface area contributed by atoms with Crippen LogP contribution in [0.15, 0.2) is 18.5 Å². The van der Waals surface area contributed by atoms with Gasteiger partial charge in [-0.2, -0.15) is 0 Å². The summed E-state index contributed by atoms with van der Waals surface area (Å²) in [6.07, 6.45) is 3.37. The third-order valence-electron chi connectivity index (χ3n) is 2.28. The second-order valence-electron chi connectivity index (χ2n) is 3.28. The van der Waals surface area contributed by atoms with Crippen molar-refractivity contribution in [3.8, 4) is 0 Å². The Kier molecular flexibility index (Phi) is 4.65. The Morgan fingerprint density at radius 1 is 1.62 bits per heavy atom. The van der Waals surface area contributed by atoms with E-state index in [9.17, 15) is 10.1 Å². The predicted molar refractivity (Wildman–Crippen MR) is 60.5 cm³/mol. The van der Waals surface area contributed by atoms with E-state index < -0.39 is 4.92 Å². The summed E-state index contributed by atoms with van der Waals surface area (Å²) in [6, 6.07) is 1.62. The van der Waals surface area contributed by atoms with Gasteiger partial charge in [0.1, 0.15) is 11.9 Å². The molecule has 0 aromatic carbocycles. The first kappa shape index (κ1) is 12.4. The van der Waals surface area contributed by atoms with Gasteiger partial charge in [-0.3, -0.25) is 15.1 Å². The van der Waals surface area contributed by atoms with Gasteiger partial charge in [0.25, 0.3) is 0 Å². The van der Waals surface area contributed by atoms with Gasteiger partial charge in [-0.25, -0.2) is 0 Å². The van der Waals surface area contributed by atoms with Crippen molar-refractivity contribution in [3.63, 3.8) is 0 Å². The molecule has 1 rings (SSSR count). The number of aromatic nitrogens is 1. The van der Waals surface area contributed by atoms with E-state index in [-0.39, 0.29) is 12.3 Å².